The third-order valence-corrected chi connectivity index (χ3v) is 3.35. The quantitative estimate of drug-likeness (QED) is 0.482. The number of hydrogen-bond donors (Lipinski definition) is 1. The van der Waals surface area contributed by atoms with Crippen LogP contribution >= 0.6 is 11.6 Å². The molecule has 0 saturated heterocycles. The molecule has 5 nitrogen and oxygen atoms in total. The number of nitriles is 1. The van der Waals surface area contributed by atoms with Crippen LogP contribution in [-0.2, 0) is 17.8 Å². The maximum atomic E-state index is 12.1. The lowest BCUT2D eigenvalue weighted by atomic mass is 10.1. The summed E-state index contributed by atoms with van der Waals surface area (Å²) < 4.78 is 1.67. The van der Waals surface area contributed by atoms with E-state index < -0.39 is 0 Å². The number of nitrogens with zero attached hydrogens (tertiary/aromatic N) is 3. The predicted octanol–water partition coefficient (Wildman–Crippen LogP) is 2.39. The molecule has 1 amide bonds. The second-order valence-electron chi connectivity index (χ2n) is 4.89. The molecule has 2 aromatic rings. The van der Waals surface area contributed by atoms with Gasteiger partial charge >= 0.3 is 0 Å². The van der Waals surface area contributed by atoms with Crippen LogP contribution in [-0.4, -0.2) is 28.1 Å². The van der Waals surface area contributed by atoms with Gasteiger partial charge < -0.3 is 5.32 Å². The SMILES string of the molecule is N#CC(=Cc1cnn(CCCl)c1)C(=O)NCCc1ccccc1. The largest absolute Gasteiger partial charge is 0.351 e. The number of halogens is 1. The number of nitrogens with one attached hydrogen (secondary N) is 1. The van der Waals surface area contributed by atoms with Crippen molar-refractivity contribution < 1.29 is 4.79 Å². The van der Waals surface area contributed by atoms with Gasteiger partial charge in [-0.15, -0.1) is 11.6 Å². The second-order valence-corrected chi connectivity index (χ2v) is 5.27. The van der Waals surface area contributed by atoms with Gasteiger partial charge in [-0.2, -0.15) is 10.4 Å². The summed E-state index contributed by atoms with van der Waals surface area (Å²) in [4.78, 5) is 12.1. The monoisotopic (exact) mass is 328 g/mol. The van der Waals surface area contributed by atoms with Crippen molar-refractivity contribution in [2.45, 2.75) is 13.0 Å². The molecule has 0 radical (unpaired) electrons. The first-order chi connectivity index (χ1) is 11.2. The number of carbonyl (C=O) groups is 1. The van der Waals surface area contributed by atoms with Crippen molar-refractivity contribution in [3.05, 3.63) is 59.4 Å². The fourth-order valence-electron chi connectivity index (χ4n) is 2.04. The normalized spacial score (nSPS) is 11.0. The van der Waals surface area contributed by atoms with Crippen molar-refractivity contribution >= 4 is 23.6 Å². The lowest BCUT2D eigenvalue weighted by Crippen LogP contribution is -2.26. The van der Waals surface area contributed by atoms with Crippen LogP contribution in [0.4, 0.5) is 0 Å². The van der Waals surface area contributed by atoms with E-state index in [-0.39, 0.29) is 11.5 Å². The summed E-state index contributed by atoms with van der Waals surface area (Å²) in [7, 11) is 0. The summed E-state index contributed by atoms with van der Waals surface area (Å²) >= 11 is 5.64. The van der Waals surface area contributed by atoms with Crippen molar-refractivity contribution in [3.63, 3.8) is 0 Å². The molecule has 1 aromatic heterocycles. The minimum Gasteiger partial charge on any atom is -0.351 e. The number of aryl methyl sites for hydroxylation is 1. The topological polar surface area (TPSA) is 70.7 Å². The van der Waals surface area contributed by atoms with Crippen LogP contribution in [0.25, 0.3) is 6.08 Å². The molecule has 6 heteroatoms. The van der Waals surface area contributed by atoms with Gasteiger partial charge in [0.25, 0.3) is 5.91 Å². The van der Waals surface area contributed by atoms with Crippen LogP contribution < -0.4 is 5.32 Å². The predicted molar refractivity (Wildman–Crippen MR) is 89.7 cm³/mol. The third-order valence-electron chi connectivity index (χ3n) is 3.18. The van der Waals surface area contributed by atoms with Crippen molar-refractivity contribution in [3.8, 4) is 6.07 Å². The number of alkyl halides is 1. The molecule has 0 fully saturated rings. The number of amides is 1. The first-order valence-corrected chi connectivity index (χ1v) is 7.78. The van der Waals surface area contributed by atoms with E-state index >= 15 is 0 Å². The molecule has 0 saturated carbocycles. The molecular weight excluding hydrogens is 312 g/mol. The van der Waals surface area contributed by atoms with E-state index in [1.807, 2.05) is 36.4 Å². The van der Waals surface area contributed by atoms with E-state index in [2.05, 4.69) is 10.4 Å². The molecule has 2 rings (SSSR count). The van der Waals surface area contributed by atoms with Crippen molar-refractivity contribution in [1.29, 1.82) is 5.26 Å². The summed E-state index contributed by atoms with van der Waals surface area (Å²) in [5, 5.41) is 16.0. The molecule has 1 N–H and O–H groups in total. The summed E-state index contributed by atoms with van der Waals surface area (Å²) in [6.07, 6.45) is 5.59. The molecule has 0 unspecified atom stereocenters. The average molecular weight is 329 g/mol. The Bertz CT molecular complexity index is 716. The van der Waals surface area contributed by atoms with Crippen LogP contribution in [0.2, 0.25) is 0 Å². The number of carbonyl (C=O) groups excluding carboxylic acids is 1. The van der Waals surface area contributed by atoms with Crippen LogP contribution in [0, 0.1) is 11.3 Å². The fourth-order valence-corrected chi connectivity index (χ4v) is 2.21. The zero-order valence-electron chi connectivity index (χ0n) is 12.6. The van der Waals surface area contributed by atoms with Gasteiger partial charge in [0.15, 0.2) is 0 Å². The highest BCUT2D eigenvalue weighted by Gasteiger charge is 2.09. The van der Waals surface area contributed by atoms with Gasteiger partial charge in [0, 0.05) is 24.2 Å². The highest BCUT2D eigenvalue weighted by atomic mass is 35.5. The summed E-state index contributed by atoms with van der Waals surface area (Å²) in [6, 6.07) is 11.8. The van der Waals surface area contributed by atoms with E-state index in [0.717, 1.165) is 12.0 Å². The van der Waals surface area contributed by atoms with E-state index in [1.54, 1.807) is 17.1 Å². The van der Waals surface area contributed by atoms with Crippen LogP contribution in [0.3, 0.4) is 0 Å². The Morgan fingerprint density at radius 3 is 2.87 bits per heavy atom. The molecule has 0 aliphatic rings. The first-order valence-electron chi connectivity index (χ1n) is 7.25. The van der Waals surface area contributed by atoms with E-state index in [1.165, 1.54) is 6.08 Å². The zero-order chi connectivity index (χ0) is 16.5. The van der Waals surface area contributed by atoms with Crippen molar-refractivity contribution in [1.82, 2.24) is 15.1 Å². The average Bonchev–Trinajstić information content (AvgIpc) is 3.01. The Kier molecular flexibility index (Phi) is 6.40. The van der Waals surface area contributed by atoms with Gasteiger partial charge in [0.05, 0.1) is 12.7 Å². The fraction of sp³-hybridized carbons (Fsp3) is 0.235. The maximum Gasteiger partial charge on any atom is 0.261 e. The van der Waals surface area contributed by atoms with Crippen molar-refractivity contribution in [2.75, 3.05) is 12.4 Å². The minimum absolute atomic E-state index is 0.0588. The second kappa shape index (κ2) is 8.76. The van der Waals surface area contributed by atoms with E-state index in [4.69, 9.17) is 16.9 Å². The first kappa shape index (κ1) is 16.8. The third kappa shape index (κ3) is 5.28. The smallest absolute Gasteiger partial charge is 0.261 e. The van der Waals surface area contributed by atoms with Crippen LogP contribution in [0.15, 0.2) is 48.3 Å². The number of benzene rings is 1. The molecule has 0 spiro atoms. The number of aromatic nitrogens is 2. The highest BCUT2D eigenvalue weighted by Crippen LogP contribution is 2.06. The van der Waals surface area contributed by atoms with E-state index in [0.29, 0.717) is 24.5 Å². The van der Waals surface area contributed by atoms with Gasteiger partial charge in [0.2, 0.25) is 0 Å². The Morgan fingerprint density at radius 1 is 1.39 bits per heavy atom. The molecule has 0 aliphatic heterocycles. The number of hydrogen-bond acceptors (Lipinski definition) is 3. The van der Waals surface area contributed by atoms with Gasteiger partial charge in [-0.05, 0) is 18.1 Å². The van der Waals surface area contributed by atoms with Crippen LogP contribution in [0.1, 0.15) is 11.1 Å². The standard InChI is InChI=1S/C17H17ClN4O/c18-7-9-22-13-15(12-21-22)10-16(11-19)17(23)20-8-6-14-4-2-1-3-5-14/h1-5,10,12-13H,6-9H2,(H,20,23). The molecule has 0 bridgehead atoms. The lowest BCUT2D eigenvalue weighted by Gasteiger charge is -2.04. The summed E-state index contributed by atoms with van der Waals surface area (Å²) in [5.41, 5.74) is 1.89. The molecule has 1 aromatic carbocycles. The van der Waals surface area contributed by atoms with Gasteiger partial charge in [0.1, 0.15) is 11.6 Å². The molecule has 1 heterocycles. The minimum atomic E-state index is -0.381. The van der Waals surface area contributed by atoms with E-state index in [9.17, 15) is 4.79 Å². The summed E-state index contributed by atoms with van der Waals surface area (Å²) in [6.45, 7) is 1.06. The molecule has 118 valence electrons. The Balaban J connectivity index is 1.92. The molecule has 23 heavy (non-hydrogen) atoms. The van der Waals surface area contributed by atoms with Gasteiger partial charge in [-0.25, -0.2) is 0 Å². The lowest BCUT2D eigenvalue weighted by molar-refractivity contribution is -0.117. The Hall–Kier alpha value is -2.58. The van der Waals surface area contributed by atoms with Crippen molar-refractivity contribution in [2.24, 2.45) is 0 Å². The zero-order valence-corrected chi connectivity index (χ0v) is 13.3. The Morgan fingerprint density at radius 2 is 2.17 bits per heavy atom. The van der Waals surface area contributed by atoms with Gasteiger partial charge in [-0.3, -0.25) is 9.48 Å². The molecule has 0 aliphatic carbocycles. The number of rotatable bonds is 7. The Labute approximate surface area is 140 Å². The van der Waals surface area contributed by atoms with Gasteiger partial charge in [-0.1, -0.05) is 30.3 Å². The van der Waals surface area contributed by atoms with Crippen LogP contribution in [0.5, 0.6) is 0 Å². The maximum absolute atomic E-state index is 12.1. The molecule has 0 atom stereocenters. The summed E-state index contributed by atoms with van der Waals surface area (Å²) in [5.74, 6) is 0.0733. The molecular formula is C17H17ClN4O. The highest BCUT2D eigenvalue weighted by molar-refractivity contribution is 6.17.